The minimum Gasteiger partial charge on any atom is -0.462 e. The molecule has 3 rings (SSSR count). The van der Waals surface area contributed by atoms with Crippen LogP contribution in [0.25, 0.3) is 10.1 Å². The molecule has 1 aliphatic rings. The lowest BCUT2D eigenvalue weighted by Crippen LogP contribution is -2.36. The van der Waals surface area contributed by atoms with Gasteiger partial charge in [0.25, 0.3) is 0 Å². The van der Waals surface area contributed by atoms with Crippen molar-refractivity contribution in [2.24, 2.45) is 0 Å². The van der Waals surface area contributed by atoms with E-state index >= 15 is 0 Å². The summed E-state index contributed by atoms with van der Waals surface area (Å²) < 4.78 is 11.5. The molecule has 20 heavy (non-hydrogen) atoms. The molecule has 0 atom stereocenters. The molecule has 106 valence electrons. The van der Waals surface area contributed by atoms with E-state index in [1.54, 1.807) is 0 Å². The monoisotopic (exact) mass is 291 g/mol. The van der Waals surface area contributed by atoms with Crippen LogP contribution < -0.4 is 4.90 Å². The fourth-order valence-corrected chi connectivity index (χ4v) is 3.33. The highest BCUT2D eigenvalue weighted by atomic mass is 32.1. The number of ether oxygens (including phenoxy) is 2. The molecule has 1 fully saturated rings. The lowest BCUT2D eigenvalue weighted by Gasteiger charge is -2.28. The lowest BCUT2D eigenvalue weighted by atomic mass is 10.2. The molecule has 0 bridgehead atoms. The molecule has 0 aliphatic carbocycles. The summed E-state index contributed by atoms with van der Waals surface area (Å²) in [5.74, 6) is -0.235. The summed E-state index contributed by atoms with van der Waals surface area (Å²) in [7, 11) is 0. The van der Waals surface area contributed by atoms with Crippen LogP contribution in [0.3, 0.4) is 0 Å². The van der Waals surface area contributed by atoms with Crippen molar-refractivity contribution in [3.63, 3.8) is 0 Å². The topological polar surface area (TPSA) is 38.8 Å². The molecule has 2 aromatic rings. The zero-order chi connectivity index (χ0) is 13.9. The van der Waals surface area contributed by atoms with Crippen molar-refractivity contribution < 1.29 is 14.3 Å². The minimum absolute atomic E-state index is 0.235. The van der Waals surface area contributed by atoms with Crippen molar-refractivity contribution in [2.45, 2.75) is 6.92 Å². The second-order valence-corrected chi connectivity index (χ2v) is 5.74. The van der Waals surface area contributed by atoms with E-state index in [4.69, 9.17) is 9.47 Å². The molecular formula is C15H17NO3S. The number of hydrogen-bond acceptors (Lipinski definition) is 5. The Morgan fingerprint density at radius 1 is 1.35 bits per heavy atom. The van der Waals surface area contributed by atoms with Crippen LogP contribution in [0.2, 0.25) is 0 Å². The third-order valence-corrected chi connectivity index (χ3v) is 4.43. The van der Waals surface area contributed by atoms with Gasteiger partial charge in [0, 0.05) is 23.5 Å². The van der Waals surface area contributed by atoms with Gasteiger partial charge in [-0.25, -0.2) is 4.79 Å². The predicted molar refractivity (Wildman–Crippen MR) is 80.8 cm³/mol. The quantitative estimate of drug-likeness (QED) is 0.815. The number of carbonyl (C=O) groups is 1. The van der Waals surface area contributed by atoms with Crippen LogP contribution in [0.15, 0.2) is 24.3 Å². The second-order valence-electron chi connectivity index (χ2n) is 4.65. The summed E-state index contributed by atoms with van der Waals surface area (Å²) in [5.41, 5.74) is 1.19. The number of benzene rings is 1. The van der Waals surface area contributed by atoms with Gasteiger partial charge in [0.15, 0.2) is 0 Å². The SMILES string of the molecule is CCOC(=O)c1cc2ccc(N3CCOCC3)cc2s1. The van der Waals surface area contributed by atoms with Gasteiger partial charge in [-0.05, 0) is 30.5 Å². The maximum absolute atomic E-state index is 11.8. The molecule has 1 aliphatic heterocycles. The molecular weight excluding hydrogens is 274 g/mol. The van der Waals surface area contributed by atoms with Gasteiger partial charge < -0.3 is 14.4 Å². The second kappa shape index (κ2) is 5.81. The first kappa shape index (κ1) is 13.4. The van der Waals surface area contributed by atoms with Crippen LogP contribution >= 0.6 is 11.3 Å². The van der Waals surface area contributed by atoms with Crippen molar-refractivity contribution >= 4 is 33.1 Å². The van der Waals surface area contributed by atoms with Gasteiger partial charge in [-0.1, -0.05) is 6.07 Å². The molecule has 0 unspecified atom stereocenters. The average Bonchev–Trinajstić information content (AvgIpc) is 2.91. The van der Waals surface area contributed by atoms with E-state index in [1.807, 2.05) is 13.0 Å². The number of thiophene rings is 1. The van der Waals surface area contributed by atoms with Crippen LogP contribution in [0, 0.1) is 0 Å². The first-order chi connectivity index (χ1) is 9.78. The van der Waals surface area contributed by atoms with Crippen LogP contribution in [0.4, 0.5) is 5.69 Å². The Morgan fingerprint density at radius 2 is 2.15 bits per heavy atom. The zero-order valence-corrected chi connectivity index (χ0v) is 12.2. The van der Waals surface area contributed by atoms with E-state index in [0.717, 1.165) is 36.4 Å². The highest BCUT2D eigenvalue weighted by molar-refractivity contribution is 7.20. The maximum atomic E-state index is 11.8. The number of carbonyl (C=O) groups excluding carboxylic acids is 1. The minimum atomic E-state index is -0.235. The third kappa shape index (κ3) is 2.64. The zero-order valence-electron chi connectivity index (χ0n) is 11.4. The number of morpholine rings is 1. The number of fused-ring (bicyclic) bond motifs is 1. The van der Waals surface area contributed by atoms with Crippen molar-refractivity contribution in [2.75, 3.05) is 37.8 Å². The summed E-state index contributed by atoms with van der Waals surface area (Å²) in [6.45, 7) is 5.62. The Hall–Kier alpha value is -1.59. The van der Waals surface area contributed by atoms with E-state index in [2.05, 4.69) is 23.1 Å². The van der Waals surface area contributed by atoms with Gasteiger partial charge >= 0.3 is 5.97 Å². The molecule has 5 heteroatoms. The van der Waals surface area contributed by atoms with Gasteiger partial charge in [0.05, 0.1) is 19.8 Å². The Bertz CT molecular complexity index is 617. The summed E-state index contributed by atoms with van der Waals surface area (Å²) in [4.78, 5) is 14.7. The van der Waals surface area contributed by atoms with E-state index in [-0.39, 0.29) is 5.97 Å². The van der Waals surface area contributed by atoms with E-state index in [0.29, 0.717) is 11.5 Å². The van der Waals surface area contributed by atoms with E-state index < -0.39 is 0 Å². The molecule has 0 saturated carbocycles. The predicted octanol–water partition coefficient (Wildman–Crippen LogP) is 2.91. The van der Waals surface area contributed by atoms with Crippen molar-refractivity contribution in [1.82, 2.24) is 0 Å². The van der Waals surface area contributed by atoms with Gasteiger partial charge in [-0.2, -0.15) is 0 Å². The first-order valence-corrected chi connectivity index (χ1v) is 7.63. The Kier molecular flexibility index (Phi) is 3.89. The maximum Gasteiger partial charge on any atom is 0.348 e. The Labute approximate surface area is 121 Å². The number of hydrogen-bond donors (Lipinski definition) is 0. The van der Waals surface area contributed by atoms with Crippen molar-refractivity contribution in [3.05, 3.63) is 29.1 Å². The highest BCUT2D eigenvalue weighted by Gasteiger charge is 2.14. The Balaban J connectivity index is 1.88. The highest BCUT2D eigenvalue weighted by Crippen LogP contribution is 2.30. The molecule has 0 N–H and O–H groups in total. The largest absolute Gasteiger partial charge is 0.462 e. The van der Waals surface area contributed by atoms with Gasteiger partial charge in [-0.3, -0.25) is 0 Å². The molecule has 1 saturated heterocycles. The van der Waals surface area contributed by atoms with Crippen molar-refractivity contribution in [1.29, 1.82) is 0 Å². The smallest absolute Gasteiger partial charge is 0.348 e. The summed E-state index contributed by atoms with van der Waals surface area (Å²) in [5, 5.41) is 1.09. The lowest BCUT2D eigenvalue weighted by molar-refractivity contribution is 0.0532. The molecule has 0 spiro atoms. The fourth-order valence-electron chi connectivity index (χ4n) is 2.34. The molecule has 0 radical (unpaired) electrons. The first-order valence-electron chi connectivity index (χ1n) is 6.81. The van der Waals surface area contributed by atoms with Gasteiger partial charge in [0.2, 0.25) is 0 Å². The molecule has 2 heterocycles. The molecule has 4 nitrogen and oxygen atoms in total. The number of rotatable bonds is 3. The number of anilines is 1. The van der Waals surface area contributed by atoms with Crippen molar-refractivity contribution in [3.8, 4) is 0 Å². The van der Waals surface area contributed by atoms with Gasteiger partial charge in [0.1, 0.15) is 4.88 Å². The van der Waals surface area contributed by atoms with Crippen LogP contribution in [-0.2, 0) is 9.47 Å². The fraction of sp³-hybridized carbons (Fsp3) is 0.400. The molecule has 0 amide bonds. The van der Waals surface area contributed by atoms with Gasteiger partial charge in [-0.15, -0.1) is 11.3 Å². The van der Waals surface area contributed by atoms with Crippen LogP contribution in [-0.4, -0.2) is 38.9 Å². The van der Waals surface area contributed by atoms with Crippen LogP contribution in [0.5, 0.6) is 0 Å². The molecule has 1 aromatic heterocycles. The van der Waals surface area contributed by atoms with E-state index in [9.17, 15) is 4.79 Å². The normalized spacial score (nSPS) is 15.6. The Morgan fingerprint density at radius 3 is 2.90 bits per heavy atom. The van der Waals surface area contributed by atoms with E-state index in [1.165, 1.54) is 17.0 Å². The number of esters is 1. The summed E-state index contributed by atoms with van der Waals surface area (Å²) in [6.07, 6.45) is 0. The standard InChI is InChI=1S/C15H17NO3S/c1-2-19-15(17)14-9-11-3-4-12(10-13(11)20-14)16-5-7-18-8-6-16/h3-4,9-10H,2,5-8H2,1H3. The number of nitrogens with zero attached hydrogens (tertiary/aromatic N) is 1. The molecule has 1 aromatic carbocycles. The summed E-state index contributed by atoms with van der Waals surface area (Å²) in [6, 6.07) is 8.23. The summed E-state index contributed by atoms with van der Waals surface area (Å²) >= 11 is 1.49. The third-order valence-electron chi connectivity index (χ3n) is 3.36. The van der Waals surface area contributed by atoms with Crippen LogP contribution in [0.1, 0.15) is 16.6 Å². The average molecular weight is 291 g/mol.